The molecule has 0 radical (unpaired) electrons. The third-order valence-corrected chi connectivity index (χ3v) is 4.99. The van der Waals surface area contributed by atoms with Crippen molar-refractivity contribution < 1.29 is 19.4 Å². The van der Waals surface area contributed by atoms with E-state index < -0.39 is 17.4 Å². The lowest BCUT2D eigenvalue weighted by molar-refractivity contribution is -0.116. The second kappa shape index (κ2) is 6.96. The predicted octanol–water partition coefficient (Wildman–Crippen LogP) is 2.11. The van der Waals surface area contributed by atoms with Crippen LogP contribution in [0.1, 0.15) is 15.2 Å². The number of carboxylic acids is 1. The summed E-state index contributed by atoms with van der Waals surface area (Å²) >= 11 is 0.943. The highest BCUT2D eigenvalue weighted by molar-refractivity contribution is 7.20. The molecule has 2 N–H and O–H groups in total. The van der Waals surface area contributed by atoms with Crippen LogP contribution >= 0.6 is 11.3 Å². The van der Waals surface area contributed by atoms with Gasteiger partial charge in [-0.25, -0.2) is 9.78 Å². The van der Waals surface area contributed by atoms with Gasteiger partial charge in [0.25, 0.3) is 5.56 Å². The van der Waals surface area contributed by atoms with Gasteiger partial charge < -0.3 is 15.2 Å². The summed E-state index contributed by atoms with van der Waals surface area (Å²) in [6.07, 6.45) is 1.25. The van der Waals surface area contributed by atoms with Gasteiger partial charge in [0.1, 0.15) is 22.0 Å². The van der Waals surface area contributed by atoms with E-state index in [-0.39, 0.29) is 16.8 Å². The van der Waals surface area contributed by atoms with Crippen molar-refractivity contribution in [2.24, 2.45) is 0 Å². The summed E-state index contributed by atoms with van der Waals surface area (Å²) in [5, 5.41) is 12.1. The first-order chi connectivity index (χ1) is 12.4. The summed E-state index contributed by atoms with van der Waals surface area (Å²) in [6, 6.07) is 6.78. The standard InChI is InChI=1S/C17H15N3O5S/c1-9-13-15(26-14(9)17(23)24)18-8-20(16(13)22)7-12(21)19-10-3-5-11(25-2)6-4-10/h3-6,8H,7H2,1-2H3,(H,19,21)(H,23,24). The molecule has 0 aliphatic heterocycles. The van der Waals surface area contributed by atoms with Crippen LogP contribution in [-0.2, 0) is 11.3 Å². The first-order valence-electron chi connectivity index (χ1n) is 7.56. The van der Waals surface area contributed by atoms with Gasteiger partial charge in [0.05, 0.1) is 18.8 Å². The van der Waals surface area contributed by atoms with Crippen molar-refractivity contribution in [3.63, 3.8) is 0 Å². The summed E-state index contributed by atoms with van der Waals surface area (Å²) in [5.74, 6) is -0.838. The Balaban J connectivity index is 1.85. The van der Waals surface area contributed by atoms with Gasteiger partial charge >= 0.3 is 5.97 Å². The lowest BCUT2D eigenvalue weighted by Crippen LogP contribution is -2.27. The Morgan fingerprint density at radius 2 is 2.00 bits per heavy atom. The molecule has 0 aliphatic rings. The number of benzene rings is 1. The first kappa shape index (κ1) is 17.6. The van der Waals surface area contributed by atoms with Gasteiger partial charge in [0.15, 0.2) is 0 Å². The number of nitrogens with zero attached hydrogens (tertiary/aromatic N) is 2. The Bertz CT molecular complexity index is 1050. The number of amides is 1. The molecule has 9 heteroatoms. The number of nitrogens with one attached hydrogen (secondary N) is 1. The molecule has 0 saturated heterocycles. The van der Waals surface area contributed by atoms with Gasteiger partial charge in [0, 0.05) is 5.69 Å². The number of aryl methyl sites for hydroxylation is 1. The molecule has 134 valence electrons. The Kier molecular flexibility index (Phi) is 4.72. The zero-order valence-corrected chi connectivity index (χ0v) is 14.8. The number of ether oxygens (including phenoxy) is 1. The Morgan fingerprint density at radius 3 is 2.62 bits per heavy atom. The number of rotatable bonds is 5. The number of aromatic carboxylic acids is 1. The van der Waals surface area contributed by atoms with Crippen LogP contribution in [0.3, 0.4) is 0 Å². The molecular formula is C17H15N3O5S. The molecule has 0 bridgehead atoms. The van der Waals surface area contributed by atoms with Crippen LogP contribution in [0.2, 0.25) is 0 Å². The minimum Gasteiger partial charge on any atom is -0.497 e. The lowest BCUT2D eigenvalue weighted by atomic mass is 10.2. The molecule has 0 unspecified atom stereocenters. The smallest absolute Gasteiger partial charge is 0.346 e. The van der Waals surface area contributed by atoms with Gasteiger partial charge in [-0.3, -0.25) is 14.2 Å². The van der Waals surface area contributed by atoms with Crippen LogP contribution in [0, 0.1) is 6.92 Å². The fourth-order valence-electron chi connectivity index (χ4n) is 2.51. The average molecular weight is 373 g/mol. The summed E-state index contributed by atoms with van der Waals surface area (Å²) in [7, 11) is 1.55. The lowest BCUT2D eigenvalue weighted by Gasteiger charge is -2.08. The maximum Gasteiger partial charge on any atom is 0.346 e. The number of hydrogen-bond acceptors (Lipinski definition) is 6. The average Bonchev–Trinajstić information content (AvgIpc) is 2.96. The molecule has 0 spiro atoms. The molecule has 2 heterocycles. The van der Waals surface area contributed by atoms with Gasteiger partial charge in [-0.1, -0.05) is 0 Å². The number of methoxy groups -OCH3 is 1. The normalized spacial score (nSPS) is 10.7. The second-order valence-corrected chi connectivity index (χ2v) is 6.49. The van der Waals surface area contributed by atoms with Crippen LogP contribution in [0.5, 0.6) is 5.75 Å². The van der Waals surface area contributed by atoms with E-state index in [9.17, 15) is 19.5 Å². The van der Waals surface area contributed by atoms with Crippen molar-refractivity contribution in [3.8, 4) is 5.75 Å². The van der Waals surface area contributed by atoms with E-state index in [1.807, 2.05) is 0 Å². The monoisotopic (exact) mass is 373 g/mol. The molecule has 0 saturated carbocycles. The minimum atomic E-state index is -1.10. The molecule has 0 fully saturated rings. The molecule has 0 atom stereocenters. The van der Waals surface area contributed by atoms with E-state index >= 15 is 0 Å². The number of carbonyl (C=O) groups excluding carboxylic acids is 1. The van der Waals surface area contributed by atoms with Gasteiger partial charge in [-0.05, 0) is 36.8 Å². The van der Waals surface area contributed by atoms with Crippen LogP contribution in [0.4, 0.5) is 5.69 Å². The number of anilines is 1. The van der Waals surface area contributed by atoms with E-state index in [1.54, 1.807) is 38.3 Å². The fourth-order valence-corrected chi connectivity index (χ4v) is 3.48. The molecule has 3 aromatic rings. The highest BCUT2D eigenvalue weighted by Crippen LogP contribution is 2.26. The molecule has 0 aliphatic carbocycles. The zero-order chi connectivity index (χ0) is 18.8. The first-order valence-corrected chi connectivity index (χ1v) is 8.38. The van der Waals surface area contributed by atoms with Crippen molar-refractivity contribution in [2.75, 3.05) is 12.4 Å². The number of hydrogen-bond donors (Lipinski definition) is 2. The van der Waals surface area contributed by atoms with Crippen molar-refractivity contribution in [3.05, 3.63) is 51.4 Å². The maximum atomic E-state index is 12.6. The van der Waals surface area contributed by atoms with E-state index in [0.29, 0.717) is 21.8 Å². The van der Waals surface area contributed by atoms with Gasteiger partial charge in [0.2, 0.25) is 5.91 Å². The minimum absolute atomic E-state index is 0.0741. The highest BCUT2D eigenvalue weighted by Gasteiger charge is 2.19. The van der Waals surface area contributed by atoms with Crippen LogP contribution in [-0.4, -0.2) is 33.6 Å². The van der Waals surface area contributed by atoms with Crippen LogP contribution < -0.4 is 15.6 Å². The summed E-state index contributed by atoms with van der Waals surface area (Å²) in [4.78, 5) is 40.5. The Morgan fingerprint density at radius 1 is 1.31 bits per heavy atom. The van der Waals surface area contributed by atoms with E-state index in [0.717, 1.165) is 15.9 Å². The topological polar surface area (TPSA) is 111 Å². The number of thiophene rings is 1. The highest BCUT2D eigenvalue weighted by atomic mass is 32.1. The van der Waals surface area contributed by atoms with E-state index in [2.05, 4.69) is 10.3 Å². The van der Waals surface area contributed by atoms with Crippen LogP contribution in [0.15, 0.2) is 35.4 Å². The maximum absolute atomic E-state index is 12.6. The fraction of sp³-hybridized carbons (Fsp3) is 0.176. The molecule has 1 aromatic carbocycles. The van der Waals surface area contributed by atoms with E-state index in [4.69, 9.17) is 4.74 Å². The molecule has 3 rings (SSSR count). The summed E-state index contributed by atoms with van der Waals surface area (Å²) in [6.45, 7) is 1.33. The van der Waals surface area contributed by atoms with Crippen LogP contribution in [0.25, 0.3) is 10.2 Å². The SMILES string of the molecule is COc1ccc(NC(=O)Cn2cnc3sc(C(=O)O)c(C)c3c2=O)cc1. The van der Waals surface area contributed by atoms with Crippen molar-refractivity contribution >= 4 is 39.1 Å². The zero-order valence-electron chi connectivity index (χ0n) is 14.0. The number of carboxylic acid groups (broad SMARTS) is 1. The summed E-state index contributed by atoms with van der Waals surface area (Å²) < 4.78 is 6.21. The van der Waals surface area contributed by atoms with Gasteiger partial charge in [-0.15, -0.1) is 11.3 Å². The van der Waals surface area contributed by atoms with Gasteiger partial charge in [-0.2, -0.15) is 0 Å². The molecule has 2 aromatic heterocycles. The summed E-state index contributed by atoms with van der Waals surface area (Å²) in [5.41, 5.74) is 0.485. The number of fused-ring (bicyclic) bond motifs is 1. The van der Waals surface area contributed by atoms with Crippen molar-refractivity contribution in [1.82, 2.24) is 9.55 Å². The van der Waals surface area contributed by atoms with E-state index in [1.165, 1.54) is 6.33 Å². The third-order valence-electron chi connectivity index (χ3n) is 3.80. The number of carbonyl (C=O) groups is 2. The second-order valence-electron chi connectivity index (χ2n) is 5.50. The largest absolute Gasteiger partial charge is 0.497 e. The number of aromatic nitrogens is 2. The molecule has 1 amide bonds. The van der Waals surface area contributed by atoms with Crippen molar-refractivity contribution in [2.45, 2.75) is 13.5 Å². The third kappa shape index (κ3) is 3.29. The molecule has 8 nitrogen and oxygen atoms in total. The Hall–Kier alpha value is -3.20. The predicted molar refractivity (Wildman–Crippen MR) is 97.2 cm³/mol. The quantitative estimate of drug-likeness (QED) is 0.709. The van der Waals surface area contributed by atoms with Crippen molar-refractivity contribution in [1.29, 1.82) is 0 Å². The molecular weight excluding hydrogens is 358 g/mol. The Labute approximate surface area is 151 Å². The molecule has 26 heavy (non-hydrogen) atoms.